The van der Waals surface area contributed by atoms with Gasteiger partial charge in [0.15, 0.2) is 0 Å². The minimum Gasteiger partial charge on any atom is -0.497 e. The zero-order valence-corrected chi connectivity index (χ0v) is 20.5. The van der Waals surface area contributed by atoms with Crippen molar-refractivity contribution in [1.29, 1.82) is 0 Å². The fourth-order valence-corrected chi connectivity index (χ4v) is 4.35. The molecule has 0 aliphatic carbocycles. The second kappa shape index (κ2) is 11.1. The van der Waals surface area contributed by atoms with E-state index in [2.05, 4.69) is 22.2 Å². The molecule has 8 heteroatoms. The summed E-state index contributed by atoms with van der Waals surface area (Å²) >= 11 is 0. The van der Waals surface area contributed by atoms with E-state index in [0.717, 1.165) is 29.2 Å². The van der Waals surface area contributed by atoms with Crippen LogP contribution in [0.1, 0.15) is 30.9 Å². The number of piperidine rings is 1. The molecule has 4 rings (SSSR count). The molecular weight excluding hydrogens is 444 g/mol. The van der Waals surface area contributed by atoms with Crippen LogP contribution in [-0.2, 0) is 17.8 Å². The van der Waals surface area contributed by atoms with E-state index in [1.54, 1.807) is 26.4 Å². The maximum absolute atomic E-state index is 12.8. The Morgan fingerprint density at radius 1 is 1.03 bits per heavy atom. The summed E-state index contributed by atoms with van der Waals surface area (Å²) in [6, 6.07) is 16.7. The first-order valence-corrected chi connectivity index (χ1v) is 12.0. The van der Waals surface area contributed by atoms with Crippen LogP contribution in [0.15, 0.2) is 59.4 Å². The highest BCUT2D eigenvalue weighted by Crippen LogP contribution is 2.25. The lowest BCUT2D eigenvalue weighted by Crippen LogP contribution is -2.41. The molecule has 1 amide bonds. The maximum atomic E-state index is 12.8. The van der Waals surface area contributed by atoms with Crippen molar-refractivity contribution in [3.8, 4) is 17.2 Å². The molecular formula is C27H32N4O4. The van der Waals surface area contributed by atoms with Gasteiger partial charge in [-0.3, -0.25) is 9.59 Å². The molecule has 184 valence electrons. The largest absolute Gasteiger partial charge is 0.497 e. The molecule has 3 aromatic rings. The molecule has 1 aliphatic heterocycles. The first-order valence-electron chi connectivity index (χ1n) is 12.0. The Morgan fingerprint density at radius 2 is 1.77 bits per heavy atom. The van der Waals surface area contributed by atoms with Crippen LogP contribution in [0.4, 0.5) is 5.82 Å². The monoisotopic (exact) mass is 476 g/mol. The van der Waals surface area contributed by atoms with Crippen LogP contribution in [0.3, 0.4) is 0 Å². The van der Waals surface area contributed by atoms with Crippen molar-refractivity contribution in [2.75, 3.05) is 32.2 Å². The van der Waals surface area contributed by atoms with E-state index in [9.17, 15) is 9.59 Å². The van der Waals surface area contributed by atoms with Gasteiger partial charge >= 0.3 is 0 Å². The van der Waals surface area contributed by atoms with Crippen LogP contribution in [0, 0.1) is 5.92 Å². The third-order valence-corrected chi connectivity index (χ3v) is 6.51. The SMILES string of the molecule is CCc1ccc(-n2nc(N3CCC(C(=O)NCc4cc(OC)ccc4OC)CC3)ccc2=O)cc1. The van der Waals surface area contributed by atoms with Crippen LogP contribution < -0.4 is 25.2 Å². The molecule has 1 N–H and O–H groups in total. The first kappa shape index (κ1) is 24.3. The third kappa shape index (κ3) is 5.65. The van der Waals surface area contributed by atoms with Gasteiger partial charge in [-0.05, 0) is 61.2 Å². The molecule has 2 heterocycles. The summed E-state index contributed by atoms with van der Waals surface area (Å²) in [7, 11) is 3.22. The van der Waals surface area contributed by atoms with E-state index in [1.165, 1.54) is 10.2 Å². The van der Waals surface area contributed by atoms with Crippen molar-refractivity contribution in [2.45, 2.75) is 32.7 Å². The predicted octanol–water partition coefficient (Wildman–Crippen LogP) is 3.34. The Kier molecular flexibility index (Phi) is 7.70. The Hall–Kier alpha value is -3.81. The summed E-state index contributed by atoms with van der Waals surface area (Å²) in [5, 5.41) is 7.65. The fraction of sp³-hybridized carbons (Fsp3) is 0.370. The second-order valence-electron chi connectivity index (χ2n) is 8.62. The van der Waals surface area contributed by atoms with Crippen molar-refractivity contribution in [3.63, 3.8) is 0 Å². The normalized spacial score (nSPS) is 14.0. The number of methoxy groups -OCH3 is 2. The van der Waals surface area contributed by atoms with Gasteiger partial charge < -0.3 is 19.7 Å². The van der Waals surface area contributed by atoms with Gasteiger partial charge in [-0.15, -0.1) is 5.10 Å². The molecule has 1 fully saturated rings. The zero-order chi connectivity index (χ0) is 24.8. The van der Waals surface area contributed by atoms with E-state index in [-0.39, 0.29) is 17.4 Å². The molecule has 8 nitrogen and oxygen atoms in total. The minimum atomic E-state index is -0.166. The Labute approximate surface area is 205 Å². The van der Waals surface area contributed by atoms with Crippen molar-refractivity contribution >= 4 is 11.7 Å². The molecule has 0 spiro atoms. The highest BCUT2D eigenvalue weighted by molar-refractivity contribution is 5.79. The minimum absolute atomic E-state index is 0.0310. The lowest BCUT2D eigenvalue weighted by Gasteiger charge is -2.32. The number of amides is 1. The van der Waals surface area contributed by atoms with E-state index < -0.39 is 0 Å². The number of nitrogens with one attached hydrogen (secondary N) is 1. The van der Waals surface area contributed by atoms with Gasteiger partial charge in [-0.2, -0.15) is 4.68 Å². The average molecular weight is 477 g/mol. The van der Waals surface area contributed by atoms with Crippen LogP contribution in [0.25, 0.3) is 5.69 Å². The molecule has 0 saturated carbocycles. The molecule has 0 atom stereocenters. The van der Waals surface area contributed by atoms with Crippen molar-refractivity contribution in [3.05, 3.63) is 76.1 Å². The quantitative estimate of drug-likeness (QED) is 0.537. The predicted molar refractivity (Wildman–Crippen MR) is 136 cm³/mol. The van der Waals surface area contributed by atoms with Crippen molar-refractivity contribution < 1.29 is 14.3 Å². The number of carbonyl (C=O) groups excluding carboxylic acids is 1. The number of rotatable bonds is 8. The summed E-state index contributed by atoms with van der Waals surface area (Å²) in [5.74, 6) is 2.13. The van der Waals surface area contributed by atoms with Gasteiger partial charge in [0.2, 0.25) is 5.91 Å². The number of carbonyl (C=O) groups is 1. The number of aromatic nitrogens is 2. The third-order valence-electron chi connectivity index (χ3n) is 6.51. The summed E-state index contributed by atoms with van der Waals surface area (Å²) in [4.78, 5) is 27.4. The van der Waals surface area contributed by atoms with Crippen LogP contribution in [0.2, 0.25) is 0 Å². The number of hydrogen-bond acceptors (Lipinski definition) is 6. The van der Waals surface area contributed by atoms with Gasteiger partial charge in [-0.1, -0.05) is 19.1 Å². The summed E-state index contributed by atoms with van der Waals surface area (Å²) in [6.45, 7) is 3.86. The molecule has 1 aromatic heterocycles. The second-order valence-corrected chi connectivity index (χ2v) is 8.62. The molecule has 35 heavy (non-hydrogen) atoms. The number of ether oxygens (including phenoxy) is 2. The Bertz CT molecular complexity index is 1210. The number of anilines is 1. The van der Waals surface area contributed by atoms with Crippen molar-refractivity contribution in [2.24, 2.45) is 5.92 Å². The van der Waals surface area contributed by atoms with E-state index in [4.69, 9.17) is 9.47 Å². The van der Waals surface area contributed by atoms with E-state index in [0.29, 0.717) is 38.2 Å². The summed E-state index contributed by atoms with van der Waals surface area (Å²) in [6.07, 6.45) is 2.37. The molecule has 1 aliphatic rings. The van der Waals surface area contributed by atoms with Gasteiger partial charge in [-0.25, -0.2) is 0 Å². The highest BCUT2D eigenvalue weighted by Gasteiger charge is 2.26. The van der Waals surface area contributed by atoms with Gasteiger partial charge in [0, 0.05) is 37.2 Å². The summed E-state index contributed by atoms with van der Waals surface area (Å²) in [5.41, 5.74) is 2.66. The molecule has 0 bridgehead atoms. The lowest BCUT2D eigenvalue weighted by molar-refractivity contribution is -0.125. The zero-order valence-electron chi connectivity index (χ0n) is 20.5. The standard InChI is InChI=1S/C27H32N4O4/c1-4-19-5-7-22(8-6-19)31-26(32)12-11-25(29-31)30-15-13-20(14-16-30)27(33)28-18-21-17-23(34-2)9-10-24(21)35-3/h5-12,17,20H,4,13-16,18H2,1-3H3,(H,28,33). The van der Waals surface area contributed by atoms with Crippen molar-refractivity contribution in [1.82, 2.24) is 15.1 Å². The number of hydrogen-bond donors (Lipinski definition) is 1. The van der Waals surface area contributed by atoms with E-state index >= 15 is 0 Å². The smallest absolute Gasteiger partial charge is 0.271 e. The van der Waals surface area contributed by atoms with Gasteiger partial charge in [0.1, 0.15) is 17.3 Å². The average Bonchev–Trinajstić information content (AvgIpc) is 2.92. The van der Waals surface area contributed by atoms with Gasteiger partial charge in [0.05, 0.1) is 19.9 Å². The summed E-state index contributed by atoms with van der Waals surface area (Å²) < 4.78 is 12.1. The lowest BCUT2D eigenvalue weighted by atomic mass is 9.96. The molecule has 0 unspecified atom stereocenters. The van der Waals surface area contributed by atoms with E-state index in [1.807, 2.05) is 42.5 Å². The van der Waals surface area contributed by atoms with Gasteiger partial charge in [0.25, 0.3) is 5.56 Å². The molecule has 0 radical (unpaired) electrons. The number of benzene rings is 2. The molecule has 2 aromatic carbocycles. The Morgan fingerprint density at radius 3 is 2.43 bits per heavy atom. The van der Waals surface area contributed by atoms with Crippen LogP contribution in [-0.4, -0.2) is 43.0 Å². The topological polar surface area (TPSA) is 85.7 Å². The van der Waals surface area contributed by atoms with Crippen LogP contribution in [0.5, 0.6) is 11.5 Å². The first-order chi connectivity index (χ1) is 17.0. The molecule has 1 saturated heterocycles. The number of nitrogens with zero attached hydrogens (tertiary/aromatic N) is 3. The van der Waals surface area contributed by atoms with Crippen LogP contribution >= 0.6 is 0 Å². The highest BCUT2D eigenvalue weighted by atomic mass is 16.5. The maximum Gasteiger partial charge on any atom is 0.271 e. The Balaban J connectivity index is 1.37. The number of aryl methyl sites for hydroxylation is 1. The fourth-order valence-electron chi connectivity index (χ4n) is 4.35.